The second-order valence-electron chi connectivity index (χ2n) is 4.69. The SMILES string of the molecule is O=C(NC1CCNC1)c1cc(Cl)cc2cccnc12. The average molecular weight is 276 g/mol. The minimum Gasteiger partial charge on any atom is -0.348 e. The van der Waals surface area contributed by atoms with Crippen molar-refractivity contribution in [3.05, 3.63) is 41.0 Å². The van der Waals surface area contributed by atoms with Crippen molar-refractivity contribution in [3.8, 4) is 0 Å². The smallest absolute Gasteiger partial charge is 0.253 e. The van der Waals surface area contributed by atoms with Crippen LogP contribution in [-0.4, -0.2) is 30.0 Å². The van der Waals surface area contributed by atoms with E-state index in [4.69, 9.17) is 11.6 Å². The van der Waals surface area contributed by atoms with E-state index in [0.717, 1.165) is 24.9 Å². The molecule has 1 fully saturated rings. The van der Waals surface area contributed by atoms with Crippen molar-refractivity contribution >= 4 is 28.4 Å². The number of fused-ring (bicyclic) bond motifs is 1. The number of amides is 1. The maximum atomic E-state index is 12.3. The lowest BCUT2D eigenvalue weighted by atomic mass is 10.1. The van der Waals surface area contributed by atoms with Gasteiger partial charge in [0.15, 0.2) is 0 Å². The summed E-state index contributed by atoms with van der Waals surface area (Å²) in [6, 6.07) is 7.42. The lowest BCUT2D eigenvalue weighted by Gasteiger charge is -2.12. The Morgan fingerprint density at radius 2 is 2.37 bits per heavy atom. The van der Waals surface area contributed by atoms with Gasteiger partial charge >= 0.3 is 0 Å². The minimum atomic E-state index is -0.111. The van der Waals surface area contributed by atoms with Crippen LogP contribution in [-0.2, 0) is 0 Å². The fraction of sp³-hybridized carbons (Fsp3) is 0.286. The van der Waals surface area contributed by atoms with Crippen LogP contribution in [0, 0.1) is 0 Å². The molecule has 0 saturated carbocycles. The summed E-state index contributed by atoms with van der Waals surface area (Å²) in [5, 5.41) is 7.67. The molecule has 1 unspecified atom stereocenters. The van der Waals surface area contributed by atoms with E-state index in [9.17, 15) is 4.79 Å². The van der Waals surface area contributed by atoms with Gasteiger partial charge in [-0.3, -0.25) is 9.78 Å². The molecule has 19 heavy (non-hydrogen) atoms. The second-order valence-corrected chi connectivity index (χ2v) is 5.13. The van der Waals surface area contributed by atoms with Crippen LogP contribution in [0.4, 0.5) is 0 Å². The number of carbonyl (C=O) groups is 1. The topological polar surface area (TPSA) is 54.0 Å². The fourth-order valence-electron chi connectivity index (χ4n) is 2.37. The van der Waals surface area contributed by atoms with Crippen LogP contribution in [0.15, 0.2) is 30.5 Å². The highest BCUT2D eigenvalue weighted by Crippen LogP contribution is 2.22. The fourth-order valence-corrected chi connectivity index (χ4v) is 2.60. The van der Waals surface area contributed by atoms with Gasteiger partial charge in [0.05, 0.1) is 11.1 Å². The van der Waals surface area contributed by atoms with Crippen molar-refractivity contribution in [1.29, 1.82) is 0 Å². The van der Waals surface area contributed by atoms with E-state index >= 15 is 0 Å². The lowest BCUT2D eigenvalue weighted by Crippen LogP contribution is -2.36. The first-order valence-corrected chi connectivity index (χ1v) is 6.68. The number of rotatable bonds is 2. The molecule has 0 spiro atoms. The van der Waals surface area contributed by atoms with Gasteiger partial charge in [-0.2, -0.15) is 0 Å². The van der Waals surface area contributed by atoms with Gasteiger partial charge in [0.1, 0.15) is 0 Å². The summed E-state index contributed by atoms with van der Waals surface area (Å²) < 4.78 is 0. The number of nitrogens with zero attached hydrogens (tertiary/aromatic N) is 1. The quantitative estimate of drug-likeness (QED) is 0.881. The summed E-state index contributed by atoms with van der Waals surface area (Å²) in [5.41, 5.74) is 1.23. The van der Waals surface area contributed by atoms with Gasteiger partial charge in [0.2, 0.25) is 0 Å². The van der Waals surface area contributed by atoms with E-state index in [1.54, 1.807) is 12.3 Å². The van der Waals surface area contributed by atoms with E-state index in [-0.39, 0.29) is 11.9 Å². The Balaban J connectivity index is 1.96. The predicted molar refractivity (Wildman–Crippen MR) is 75.5 cm³/mol. The van der Waals surface area contributed by atoms with Crippen LogP contribution >= 0.6 is 11.6 Å². The van der Waals surface area contributed by atoms with Crippen molar-refractivity contribution in [1.82, 2.24) is 15.6 Å². The normalized spacial score (nSPS) is 18.7. The zero-order chi connectivity index (χ0) is 13.2. The molecule has 0 radical (unpaired) electrons. The Morgan fingerprint density at radius 3 is 3.16 bits per heavy atom. The first kappa shape index (κ1) is 12.4. The van der Waals surface area contributed by atoms with Crippen molar-refractivity contribution < 1.29 is 4.79 Å². The van der Waals surface area contributed by atoms with E-state index in [2.05, 4.69) is 15.6 Å². The molecule has 2 heterocycles. The van der Waals surface area contributed by atoms with Crippen molar-refractivity contribution in [2.75, 3.05) is 13.1 Å². The zero-order valence-corrected chi connectivity index (χ0v) is 11.1. The van der Waals surface area contributed by atoms with E-state index < -0.39 is 0 Å². The third-order valence-corrected chi connectivity index (χ3v) is 3.53. The molecule has 98 valence electrons. The highest BCUT2D eigenvalue weighted by atomic mass is 35.5. The molecule has 1 aromatic heterocycles. The summed E-state index contributed by atoms with van der Waals surface area (Å²) in [7, 11) is 0. The number of halogens is 1. The highest BCUT2D eigenvalue weighted by molar-refractivity contribution is 6.32. The maximum absolute atomic E-state index is 12.3. The first-order valence-electron chi connectivity index (χ1n) is 6.30. The Hall–Kier alpha value is -1.65. The molecule has 1 aliphatic heterocycles. The maximum Gasteiger partial charge on any atom is 0.253 e. The molecule has 4 nitrogen and oxygen atoms in total. The van der Waals surface area contributed by atoms with Gasteiger partial charge in [0, 0.05) is 29.2 Å². The molecule has 3 rings (SSSR count). The number of hydrogen-bond acceptors (Lipinski definition) is 3. The van der Waals surface area contributed by atoms with Crippen LogP contribution in [0.1, 0.15) is 16.8 Å². The van der Waals surface area contributed by atoms with Crippen LogP contribution in [0.2, 0.25) is 5.02 Å². The number of pyridine rings is 1. The Bertz CT molecular complexity index is 623. The standard InChI is InChI=1S/C14H14ClN3O/c15-10-6-9-2-1-4-17-13(9)12(7-10)14(19)18-11-3-5-16-8-11/h1-2,4,6-7,11,16H,3,5,8H2,(H,18,19). The van der Waals surface area contributed by atoms with E-state index in [0.29, 0.717) is 16.1 Å². The van der Waals surface area contributed by atoms with Crippen LogP contribution in [0.3, 0.4) is 0 Å². The first-order chi connectivity index (χ1) is 9.24. The number of carbonyl (C=O) groups excluding carboxylic acids is 1. The van der Waals surface area contributed by atoms with Gasteiger partial charge in [-0.15, -0.1) is 0 Å². The molecule has 0 aliphatic carbocycles. The third-order valence-electron chi connectivity index (χ3n) is 3.31. The molecule has 5 heteroatoms. The molecular formula is C14H14ClN3O. The molecule has 1 amide bonds. The molecule has 1 saturated heterocycles. The van der Waals surface area contributed by atoms with Crippen molar-refractivity contribution in [2.45, 2.75) is 12.5 Å². The molecule has 1 aromatic carbocycles. The molecular weight excluding hydrogens is 262 g/mol. The summed E-state index contributed by atoms with van der Waals surface area (Å²) in [4.78, 5) is 16.6. The zero-order valence-electron chi connectivity index (χ0n) is 10.3. The van der Waals surface area contributed by atoms with Crippen LogP contribution in [0.5, 0.6) is 0 Å². The third kappa shape index (κ3) is 2.55. The van der Waals surface area contributed by atoms with Crippen LogP contribution in [0.25, 0.3) is 10.9 Å². The molecule has 1 atom stereocenters. The number of benzene rings is 1. The van der Waals surface area contributed by atoms with Gasteiger partial charge in [0.25, 0.3) is 5.91 Å². The van der Waals surface area contributed by atoms with E-state index in [1.807, 2.05) is 18.2 Å². The monoisotopic (exact) mass is 275 g/mol. The average Bonchev–Trinajstić information content (AvgIpc) is 2.90. The van der Waals surface area contributed by atoms with Gasteiger partial charge < -0.3 is 10.6 Å². The van der Waals surface area contributed by atoms with Gasteiger partial charge in [-0.1, -0.05) is 17.7 Å². The number of aromatic nitrogens is 1. The number of nitrogens with one attached hydrogen (secondary N) is 2. The second kappa shape index (κ2) is 5.15. The minimum absolute atomic E-state index is 0.111. The van der Waals surface area contributed by atoms with Crippen LogP contribution < -0.4 is 10.6 Å². The highest BCUT2D eigenvalue weighted by Gasteiger charge is 2.19. The van der Waals surface area contributed by atoms with Gasteiger partial charge in [-0.05, 0) is 31.2 Å². The molecule has 1 aliphatic rings. The van der Waals surface area contributed by atoms with Crippen molar-refractivity contribution in [3.63, 3.8) is 0 Å². The molecule has 0 bridgehead atoms. The Kier molecular flexibility index (Phi) is 3.36. The summed E-state index contributed by atoms with van der Waals surface area (Å²) in [6.45, 7) is 1.76. The molecule has 2 aromatic rings. The summed E-state index contributed by atoms with van der Waals surface area (Å²) >= 11 is 6.06. The van der Waals surface area contributed by atoms with Crippen molar-refractivity contribution in [2.24, 2.45) is 0 Å². The number of hydrogen-bond donors (Lipinski definition) is 2. The summed E-state index contributed by atoms with van der Waals surface area (Å²) in [5.74, 6) is -0.111. The van der Waals surface area contributed by atoms with Gasteiger partial charge in [-0.25, -0.2) is 0 Å². The Morgan fingerprint density at radius 1 is 1.47 bits per heavy atom. The molecule has 2 N–H and O–H groups in total. The Labute approximate surface area is 116 Å². The summed E-state index contributed by atoms with van der Waals surface area (Å²) in [6.07, 6.45) is 2.64. The predicted octanol–water partition coefficient (Wildman–Crippen LogP) is 1.98. The van der Waals surface area contributed by atoms with E-state index in [1.165, 1.54) is 0 Å². The largest absolute Gasteiger partial charge is 0.348 e. The lowest BCUT2D eigenvalue weighted by molar-refractivity contribution is 0.0941.